The van der Waals surface area contributed by atoms with E-state index in [0.29, 0.717) is 24.5 Å². The van der Waals surface area contributed by atoms with Crippen LogP contribution in [0.2, 0.25) is 0 Å². The van der Waals surface area contributed by atoms with Crippen LogP contribution in [0.15, 0.2) is 12.4 Å². The average Bonchev–Trinajstić information content (AvgIpc) is 3.30. The van der Waals surface area contributed by atoms with Crippen LogP contribution in [0.1, 0.15) is 51.8 Å². The molecular formula is C19H30N4O2. The number of imidazole rings is 1. The van der Waals surface area contributed by atoms with Crippen LogP contribution in [0.3, 0.4) is 0 Å². The van der Waals surface area contributed by atoms with Gasteiger partial charge in [-0.1, -0.05) is 26.7 Å². The van der Waals surface area contributed by atoms with Gasteiger partial charge in [0.1, 0.15) is 5.82 Å². The second kappa shape index (κ2) is 6.63. The third-order valence-electron chi connectivity index (χ3n) is 6.34. The summed E-state index contributed by atoms with van der Waals surface area (Å²) in [6, 6.07) is 0.207. The summed E-state index contributed by atoms with van der Waals surface area (Å²) in [4.78, 5) is 16.9. The van der Waals surface area contributed by atoms with Crippen LogP contribution in [0.25, 0.3) is 0 Å². The van der Waals surface area contributed by atoms with Gasteiger partial charge in [-0.15, -0.1) is 0 Å². The summed E-state index contributed by atoms with van der Waals surface area (Å²) in [7, 11) is 0. The first-order valence-electron chi connectivity index (χ1n) is 9.76. The Labute approximate surface area is 149 Å². The third kappa shape index (κ3) is 2.94. The zero-order valence-electron chi connectivity index (χ0n) is 15.3. The number of hydrogen-bond donors (Lipinski definition) is 2. The zero-order chi connectivity index (χ0) is 17.4. The highest BCUT2D eigenvalue weighted by molar-refractivity contribution is 5.74. The lowest BCUT2D eigenvalue weighted by Crippen LogP contribution is -2.69. The first kappa shape index (κ1) is 16.9. The molecule has 1 saturated heterocycles. The highest BCUT2D eigenvalue weighted by Gasteiger charge is 2.65. The number of rotatable bonds is 5. The zero-order valence-corrected chi connectivity index (χ0v) is 15.3. The van der Waals surface area contributed by atoms with Gasteiger partial charge in [0, 0.05) is 42.9 Å². The van der Waals surface area contributed by atoms with Crippen molar-refractivity contribution in [2.45, 2.75) is 71.2 Å². The number of aromatic nitrogens is 2. The van der Waals surface area contributed by atoms with E-state index in [-0.39, 0.29) is 17.5 Å². The fourth-order valence-corrected chi connectivity index (χ4v) is 5.32. The predicted octanol–water partition coefficient (Wildman–Crippen LogP) is 2.69. The number of amides is 2. The molecule has 1 spiro atoms. The van der Waals surface area contributed by atoms with E-state index >= 15 is 0 Å². The molecule has 2 aliphatic carbocycles. The quantitative estimate of drug-likeness (QED) is 0.861. The summed E-state index contributed by atoms with van der Waals surface area (Å²) in [6.07, 6.45) is 10.2. The largest absolute Gasteiger partial charge is 0.377 e. The third-order valence-corrected chi connectivity index (χ3v) is 6.34. The van der Waals surface area contributed by atoms with E-state index in [0.717, 1.165) is 25.4 Å². The molecule has 0 radical (unpaired) electrons. The summed E-state index contributed by atoms with van der Waals surface area (Å²) in [5.41, 5.74) is 0.203. The van der Waals surface area contributed by atoms with Crippen LogP contribution < -0.4 is 10.6 Å². The molecule has 2 saturated carbocycles. The van der Waals surface area contributed by atoms with Crippen molar-refractivity contribution < 1.29 is 9.53 Å². The lowest BCUT2D eigenvalue weighted by atomic mass is 9.54. The highest BCUT2D eigenvalue weighted by atomic mass is 16.5. The van der Waals surface area contributed by atoms with Crippen LogP contribution >= 0.6 is 0 Å². The number of nitrogens with zero attached hydrogens (tertiary/aromatic N) is 2. The molecule has 1 aromatic heterocycles. The average molecular weight is 346 g/mol. The molecular weight excluding hydrogens is 316 g/mol. The maximum atomic E-state index is 12.5. The summed E-state index contributed by atoms with van der Waals surface area (Å²) in [5, 5.41) is 6.29. The molecule has 1 aliphatic heterocycles. The van der Waals surface area contributed by atoms with Crippen LogP contribution in [0.4, 0.5) is 4.79 Å². The van der Waals surface area contributed by atoms with Crippen molar-refractivity contribution in [3.8, 4) is 0 Å². The maximum absolute atomic E-state index is 12.5. The van der Waals surface area contributed by atoms with Crippen LogP contribution in [0, 0.1) is 17.3 Å². The number of fused-ring (bicyclic) bond motifs is 2. The molecule has 6 nitrogen and oxygen atoms in total. The molecule has 3 aliphatic rings. The Balaban J connectivity index is 1.34. The van der Waals surface area contributed by atoms with Gasteiger partial charge in [-0.05, 0) is 25.2 Å². The Morgan fingerprint density at radius 2 is 2.24 bits per heavy atom. The van der Waals surface area contributed by atoms with Crippen LogP contribution in [-0.4, -0.2) is 34.3 Å². The second-order valence-electron chi connectivity index (χ2n) is 8.38. The van der Waals surface area contributed by atoms with Crippen molar-refractivity contribution in [1.82, 2.24) is 20.2 Å². The Morgan fingerprint density at radius 1 is 1.44 bits per heavy atom. The van der Waals surface area contributed by atoms with E-state index in [1.807, 2.05) is 6.20 Å². The van der Waals surface area contributed by atoms with Crippen molar-refractivity contribution in [3.63, 3.8) is 0 Å². The van der Waals surface area contributed by atoms with Crippen LogP contribution in [0.5, 0.6) is 0 Å². The smallest absolute Gasteiger partial charge is 0.315 e. The van der Waals surface area contributed by atoms with Crippen molar-refractivity contribution in [2.75, 3.05) is 6.61 Å². The van der Waals surface area contributed by atoms with Gasteiger partial charge in [0.25, 0.3) is 0 Å². The number of urea groups is 1. The molecule has 1 aromatic rings. The minimum atomic E-state index is -0.0688. The van der Waals surface area contributed by atoms with Gasteiger partial charge >= 0.3 is 6.03 Å². The molecule has 0 bridgehead atoms. The normalized spacial score (nSPS) is 29.6. The first-order chi connectivity index (χ1) is 12.1. The minimum Gasteiger partial charge on any atom is -0.377 e. The molecule has 4 rings (SSSR count). The fourth-order valence-electron chi connectivity index (χ4n) is 5.32. The van der Waals surface area contributed by atoms with E-state index in [2.05, 4.69) is 34.0 Å². The number of ether oxygens (including phenoxy) is 1. The van der Waals surface area contributed by atoms with Crippen molar-refractivity contribution in [3.05, 3.63) is 18.2 Å². The Bertz CT molecular complexity index is 621. The first-order valence-corrected chi connectivity index (χ1v) is 9.76. The Kier molecular flexibility index (Phi) is 4.48. The monoisotopic (exact) mass is 346 g/mol. The number of nitrogens with one attached hydrogen (secondary N) is 2. The topological polar surface area (TPSA) is 68.2 Å². The van der Waals surface area contributed by atoms with Gasteiger partial charge in [-0.2, -0.15) is 0 Å². The van der Waals surface area contributed by atoms with Gasteiger partial charge in [-0.25, -0.2) is 9.78 Å². The SMILES string of the molecule is CC(C)Cn1ccnc1CNC(=O)N[C@@H]1[C@H]2CCO[C@@H]2C12CCCC2. The minimum absolute atomic E-state index is 0.0688. The number of carbonyl (C=O) groups excluding carboxylic acids is 1. The molecule has 3 fully saturated rings. The van der Waals surface area contributed by atoms with Crippen molar-refractivity contribution >= 4 is 6.03 Å². The van der Waals surface area contributed by atoms with Crippen molar-refractivity contribution in [2.24, 2.45) is 17.3 Å². The highest BCUT2D eigenvalue weighted by Crippen LogP contribution is 2.60. The van der Waals surface area contributed by atoms with Gasteiger partial charge in [0.05, 0.1) is 12.6 Å². The van der Waals surface area contributed by atoms with Gasteiger partial charge in [-0.3, -0.25) is 0 Å². The standard InChI is InChI=1S/C19H30N4O2/c1-13(2)12-23-9-8-20-15(23)11-21-18(24)22-16-14-5-10-25-17(14)19(16)6-3-4-7-19/h8-9,13-14,16-17H,3-7,10-12H2,1-2H3,(H2,21,22,24)/t14-,16-,17+/m1/s1. The lowest BCUT2D eigenvalue weighted by molar-refractivity contribution is -0.126. The molecule has 0 unspecified atom stereocenters. The molecule has 6 heteroatoms. The number of carbonyl (C=O) groups is 1. The summed E-state index contributed by atoms with van der Waals surface area (Å²) < 4.78 is 8.11. The summed E-state index contributed by atoms with van der Waals surface area (Å²) >= 11 is 0. The van der Waals surface area contributed by atoms with Gasteiger partial charge < -0.3 is 19.9 Å². The Morgan fingerprint density at radius 3 is 3.00 bits per heavy atom. The maximum Gasteiger partial charge on any atom is 0.315 e. The molecule has 3 atom stereocenters. The summed E-state index contributed by atoms with van der Waals surface area (Å²) in [6.45, 7) is 6.61. The van der Waals surface area contributed by atoms with E-state index in [4.69, 9.17) is 4.74 Å². The fraction of sp³-hybridized carbons (Fsp3) is 0.789. The van der Waals surface area contributed by atoms with E-state index in [9.17, 15) is 4.79 Å². The molecule has 2 heterocycles. The lowest BCUT2D eigenvalue weighted by Gasteiger charge is -2.56. The molecule has 2 N–H and O–H groups in total. The number of hydrogen-bond acceptors (Lipinski definition) is 3. The molecule has 2 amide bonds. The molecule has 0 aromatic carbocycles. The van der Waals surface area contributed by atoms with Gasteiger partial charge in [0.2, 0.25) is 0 Å². The summed E-state index contributed by atoms with van der Waals surface area (Å²) in [5.74, 6) is 1.97. The van der Waals surface area contributed by atoms with Crippen LogP contribution in [-0.2, 0) is 17.8 Å². The van der Waals surface area contributed by atoms with E-state index in [1.165, 1.54) is 25.7 Å². The van der Waals surface area contributed by atoms with Crippen molar-refractivity contribution in [1.29, 1.82) is 0 Å². The van der Waals surface area contributed by atoms with Gasteiger partial charge in [0.15, 0.2) is 0 Å². The second-order valence-corrected chi connectivity index (χ2v) is 8.38. The molecule has 25 heavy (non-hydrogen) atoms. The van der Waals surface area contributed by atoms with E-state index < -0.39 is 0 Å². The van der Waals surface area contributed by atoms with E-state index in [1.54, 1.807) is 6.20 Å². The Hall–Kier alpha value is -1.56. The predicted molar refractivity (Wildman–Crippen MR) is 95.0 cm³/mol. The molecule has 138 valence electrons.